The minimum absolute atomic E-state index is 0.441. The molecule has 0 N–H and O–H groups in total. The third kappa shape index (κ3) is 4.20. The van der Waals surface area contributed by atoms with E-state index in [9.17, 15) is 0 Å². The van der Waals surface area contributed by atoms with Crippen molar-refractivity contribution in [3.8, 4) is 5.88 Å². The molecular weight excluding hydrogens is 310 g/mol. The summed E-state index contributed by atoms with van der Waals surface area (Å²) >= 11 is 0. The number of pyridine rings is 1. The van der Waals surface area contributed by atoms with Gasteiger partial charge < -0.3 is 4.74 Å². The highest BCUT2D eigenvalue weighted by molar-refractivity contribution is 5.33. The highest BCUT2D eigenvalue weighted by Gasteiger charge is 2.27. The van der Waals surface area contributed by atoms with Crippen molar-refractivity contribution in [2.24, 2.45) is 0 Å². The number of benzene rings is 1. The molecule has 0 radical (unpaired) electrons. The van der Waals surface area contributed by atoms with E-state index in [1.54, 1.807) is 7.11 Å². The number of ether oxygens (including phenoxy) is 1. The van der Waals surface area contributed by atoms with Gasteiger partial charge in [-0.25, -0.2) is 4.98 Å². The van der Waals surface area contributed by atoms with Crippen molar-refractivity contribution in [3.63, 3.8) is 0 Å². The Kier molecular flexibility index (Phi) is 5.71. The Balaban J connectivity index is 1.78. The Bertz CT molecular complexity index is 701. The van der Waals surface area contributed by atoms with Gasteiger partial charge in [0.05, 0.1) is 7.11 Å². The van der Waals surface area contributed by atoms with E-state index in [2.05, 4.69) is 66.0 Å². The van der Waals surface area contributed by atoms with Gasteiger partial charge >= 0.3 is 0 Å². The molecule has 134 valence electrons. The lowest BCUT2D eigenvalue weighted by molar-refractivity contribution is 0.0898. The number of piperazine rings is 1. The monoisotopic (exact) mass is 339 g/mol. The van der Waals surface area contributed by atoms with Crippen LogP contribution in [0.15, 0.2) is 42.6 Å². The third-order valence-corrected chi connectivity index (χ3v) is 5.12. The molecule has 1 aromatic heterocycles. The fourth-order valence-corrected chi connectivity index (χ4v) is 3.67. The lowest BCUT2D eigenvalue weighted by Crippen LogP contribution is -2.46. The number of hydrogen-bond donors (Lipinski definition) is 0. The zero-order valence-corrected chi connectivity index (χ0v) is 15.8. The zero-order valence-electron chi connectivity index (χ0n) is 15.8. The summed E-state index contributed by atoms with van der Waals surface area (Å²) in [5.74, 6) is 1.23. The predicted molar refractivity (Wildman–Crippen MR) is 102 cm³/mol. The van der Waals surface area contributed by atoms with Crippen LogP contribution in [0.4, 0.5) is 0 Å². The van der Waals surface area contributed by atoms with Crippen LogP contribution in [-0.4, -0.2) is 48.6 Å². The summed E-state index contributed by atoms with van der Waals surface area (Å²) in [6, 6.07) is 13.5. The van der Waals surface area contributed by atoms with Crippen LogP contribution >= 0.6 is 0 Å². The first-order valence-corrected chi connectivity index (χ1v) is 9.09. The summed E-state index contributed by atoms with van der Waals surface area (Å²) in [5, 5.41) is 0. The van der Waals surface area contributed by atoms with Crippen LogP contribution in [-0.2, 0) is 6.54 Å². The number of rotatable bonds is 5. The van der Waals surface area contributed by atoms with E-state index in [1.807, 2.05) is 12.3 Å². The molecule has 0 aliphatic carbocycles. The molecule has 0 spiro atoms. The van der Waals surface area contributed by atoms with Crippen molar-refractivity contribution in [3.05, 3.63) is 59.3 Å². The first-order valence-electron chi connectivity index (χ1n) is 9.09. The van der Waals surface area contributed by atoms with E-state index in [0.717, 1.165) is 26.2 Å². The molecule has 0 amide bonds. The fraction of sp³-hybridized carbons (Fsp3) is 0.476. The Labute approximate surface area is 151 Å². The maximum atomic E-state index is 5.26. The van der Waals surface area contributed by atoms with Crippen LogP contribution in [0.1, 0.15) is 42.5 Å². The van der Waals surface area contributed by atoms with E-state index >= 15 is 0 Å². The Morgan fingerprint density at radius 1 is 1.20 bits per heavy atom. The van der Waals surface area contributed by atoms with E-state index in [1.165, 1.54) is 16.7 Å². The summed E-state index contributed by atoms with van der Waals surface area (Å²) < 4.78 is 5.26. The molecule has 3 rings (SSSR count). The molecule has 1 atom stereocenters. The van der Waals surface area contributed by atoms with Gasteiger partial charge in [-0.1, -0.05) is 38.1 Å². The van der Waals surface area contributed by atoms with Crippen LogP contribution in [0.2, 0.25) is 0 Å². The molecule has 2 heterocycles. The van der Waals surface area contributed by atoms with Crippen LogP contribution in [0.5, 0.6) is 5.88 Å². The van der Waals surface area contributed by atoms with Gasteiger partial charge in [0, 0.05) is 44.5 Å². The van der Waals surface area contributed by atoms with Crippen LogP contribution in [0.25, 0.3) is 0 Å². The Morgan fingerprint density at radius 2 is 2.00 bits per heavy atom. The second kappa shape index (κ2) is 7.98. The minimum Gasteiger partial charge on any atom is -0.481 e. The van der Waals surface area contributed by atoms with E-state index in [-0.39, 0.29) is 0 Å². The maximum absolute atomic E-state index is 5.26. The van der Waals surface area contributed by atoms with Gasteiger partial charge in [-0.3, -0.25) is 9.80 Å². The second-order valence-electron chi connectivity index (χ2n) is 7.22. The normalized spacial score (nSPS) is 19.3. The molecule has 1 aliphatic heterocycles. The van der Waals surface area contributed by atoms with E-state index in [4.69, 9.17) is 4.74 Å². The molecule has 0 saturated carbocycles. The highest BCUT2D eigenvalue weighted by atomic mass is 16.5. The van der Waals surface area contributed by atoms with Gasteiger partial charge in [-0.2, -0.15) is 0 Å². The average Bonchev–Trinajstić information content (AvgIpc) is 2.63. The second-order valence-corrected chi connectivity index (χ2v) is 7.22. The van der Waals surface area contributed by atoms with Crippen molar-refractivity contribution in [2.75, 3.05) is 33.8 Å². The molecule has 25 heavy (non-hydrogen) atoms. The zero-order chi connectivity index (χ0) is 17.8. The van der Waals surface area contributed by atoms with Gasteiger partial charge in [0.2, 0.25) is 5.88 Å². The van der Waals surface area contributed by atoms with Crippen molar-refractivity contribution in [1.29, 1.82) is 0 Å². The van der Waals surface area contributed by atoms with Gasteiger partial charge in [-0.05, 0) is 35.7 Å². The first-order chi connectivity index (χ1) is 12.1. The Morgan fingerprint density at radius 3 is 2.76 bits per heavy atom. The number of likely N-dealkylation sites (N-methyl/N-ethyl adjacent to an activating group) is 1. The highest BCUT2D eigenvalue weighted by Crippen LogP contribution is 2.31. The third-order valence-electron chi connectivity index (χ3n) is 5.12. The van der Waals surface area contributed by atoms with Gasteiger partial charge in [0.25, 0.3) is 0 Å². The van der Waals surface area contributed by atoms with E-state index in [0.29, 0.717) is 17.8 Å². The van der Waals surface area contributed by atoms with Gasteiger partial charge in [-0.15, -0.1) is 0 Å². The van der Waals surface area contributed by atoms with Crippen LogP contribution in [0.3, 0.4) is 0 Å². The number of nitrogens with zero attached hydrogens (tertiary/aromatic N) is 3. The van der Waals surface area contributed by atoms with Crippen molar-refractivity contribution in [2.45, 2.75) is 32.4 Å². The number of methoxy groups -OCH3 is 1. The molecule has 2 aromatic rings. The topological polar surface area (TPSA) is 28.6 Å². The average molecular weight is 339 g/mol. The molecule has 4 nitrogen and oxygen atoms in total. The summed E-state index contributed by atoms with van der Waals surface area (Å²) in [4.78, 5) is 9.24. The summed E-state index contributed by atoms with van der Waals surface area (Å²) in [6.07, 6.45) is 1.83. The SMILES string of the molecule is COc1cc(CN2CCN(C)C(c3ccccc3C(C)C)C2)ccn1. The Hall–Kier alpha value is -1.91. The van der Waals surface area contributed by atoms with Gasteiger partial charge in [0.15, 0.2) is 0 Å². The minimum atomic E-state index is 0.441. The molecule has 4 heteroatoms. The first kappa shape index (κ1) is 17.9. The van der Waals surface area contributed by atoms with Crippen molar-refractivity contribution < 1.29 is 4.74 Å². The summed E-state index contributed by atoms with van der Waals surface area (Å²) in [5.41, 5.74) is 4.19. The quantitative estimate of drug-likeness (QED) is 0.830. The lowest BCUT2D eigenvalue weighted by Gasteiger charge is -2.40. The largest absolute Gasteiger partial charge is 0.481 e. The molecular formula is C21H29N3O. The predicted octanol–water partition coefficient (Wildman–Crippen LogP) is 3.70. The smallest absolute Gasteiger partial charge is 0.213 e. The molecule has 1 unspecified atom stereocenters. The van der Waals surface area contributed by atoms with Crippen LogP contribution < -0.4 is 4.74 Å². The van der Waals surface area contributed by atoms with Crippen molar-refractivity contribution >= 4 is 0 Å². The molecule has 1 aromatic carbocycles. The lowest BCUT2D eigenvalue weighted by atomic mass is 9.91. The van der Waals surface area contributed by atoms with Crippen molar-refractivity contribution in [1.82, 2.24) is 14.8 Å². The molecule has 1 aliphatic rings. The standard InChI is InChI=1S/C21H29N3O/c1-16(2)18-7-5-6-8-19(18)20-15-24(12-11-23(20)3)14-17-9-10-22-21(13-17)25-4/h5-10,13,16,20H,11-12,14-15H2,1-4H3. The van der Waals surface area contributed by atoms with Gasteiger partial charge in [0.1, 0.15) is 0 Å². The van der Waals surface area contributed by atoms with E-state index < -0.39 is 0 Å². The summed E-state index contributed by atoms with van der Waals surface area (Å²) in [7, 11) is 3.91. The molecule has 0 bridgehead atoms. The van der Waals surface area contributed by atoms with Crippen LogP contribution in [0, 0.1) is 0 Å². The fourth-order valence-electron chi connectivity index (χ4n) is 3.67. The molecule has 1 saturated heterocycles. The maximum Gasteiger partial charge on any atom is 0.213 e. The number of aromatic nitrogens is 1. The summed E-state index contributed by atoms with van der Waals surface area (Å²) in [6.45, 7) is 8.71. The molecule has 1 fully saturated rings. The number of hydrogen-bond acceptors (Lipinski definition) is 4.